The Labute approximate surface area is 144 Å². The van der Waals surface area contributed by atoms with Crippen molar-refractivity contribution in [3.8, 4) is 0 Å². The lowest BCUT2D eigenvalue weighted by Gasteiger charge is -2.06. The Hall–Kier alpha value is -1.68. The minimum absolute atomic E-state index is 0.0992. The first-order valence-corrected chi connectivity index (χ1v) is 9.08. The molecule has 132 valence electrons. The van der Waals surface area contributed by atoms with Gasteiger partial charge in [0.1, 0.15) is 6.10 Å². The van der Waals surface area contributed by atoms with Crippen molar-refractivity contribution in [3.05, 3.63) is 36.0 Å². The number of carboxylic acids is 1. The van der Waals surface area contributed by atoms with Gasteiger partial charge >= 0.3 is 5.97 Å². The maximum Gasteiger partial charge on any atom is 0.303 e. The van der Waals surface area contributed by atoms with Gasteiger partial charge < -0.3 is 9.84 Å². The first-order chi connectivity index (χ1) is 11.6. The van der Waals surface area contributed by atoms with Crippen molar-refractivity contribution in [2.24, 2.45) is 5.92 Å². The minimum atomic E-state index is -0.754. The first-order valence-electron chi connectivity index (χ1n) is 9.08. The number of hydrogen-bond donors (Lipinski definition) is 1. The fourth-order valence-electron chi connectivity index (χ4n) is 3.04. The lowest BCUT2D eigenvalue weighted by Crippen LogP contribution is -2.04. The van der Waals surface area contributed by atoms with Crippen LogP contribution < -0.4 is 0 Å². The molecule has 1 saturated heterocycles. The molecule has 0 aromatic carbocycles. The molecule has 1 fully saturated rings. The van der Waals surface area contributed by atoms with Gasteiger partial charge in [0, 0.05) is 17.9 Å². The van der Waals surface area contributed by atoms with E-state index in [0.717, 1.165) is 24.8 Å². The molecule has 2 aliphatic rings. The second-order valence-corrected chi connectivity index (χ2v) is 6.58. The number of ketones is 1. The van der Waals surface area contributed by atoms with Gasteiger partial charge in [-0.3, -0.25) is 9.59 Å². The molecule has 24 heavy (non-hydrogen) atoms. The highest BCUT2D eigenvalue weighted by atomic mass is 16.6. The number of ether oxygens (including phenoxy) is 1. The second-order valence-electron chi connectivity index (χ2n) is 6.58. The standard InChI is InChI=1S/C20H28O4/c1-2-3-6-10-18-19(24-18)14-16-15(12-13-17(16)21)9-7-4-5-8-11-20(22)23/h4,7,12-15,18-19H,2-3,5-6,8-11H2,1H3,(H,22,23)/b7-4-,16-14+/t15-,18+,19+/m0/s1. The molecular formula is C20H28O4. The van der Waals surface area contributed by atoms with E-state index >= 15 is 0 Å². The second kappa shape index (κ2) is 9.58. The third-order valence-electron chi connectivity index (χ3n) is 4.54. The SMILES string of the molecule is CCCCC[C@H]1O[C@@H]1/C=C1/C(=O)C=C[C@@H]1C/C=C\CCCC(=O)O. The van der Waals surface area contributed by atoms with Crippen molar-refractivity contribution >= 4 is 11.8 Å². The highest BCUT2D eigenvalue weighted by Crippen LogP contribution is 2.33. The molecule has 4 heteroatoms. The zero-order valence-electron chi connectivity index (χ0n) is 14.4. The molecular weight excluding hydrogens is 304 g/mol. The highest BCUT2D eigenvalue weighted by molar-refractivity contribution is 6.07. The van der Waals surface area contributed by atoms with E-state index in [1.807, 2.05) is 18.2 Å². The third kappa shape index (κ3) is 6.08. The highest BCUT2D eigenvalue weighted by Gasteiger charge is 2.38. The van der Waals surface area contributed by atoms with Crippen molar-refractivity contribution in [3.63, 3.8) is 0 Å². The van der Waals surface area contributed by atoms with Gasteiger partial charge in [0.2, 0.25) is 0 Å². The molecule has 0 amide bonds. The fourth-order valence-corrected chi connectivity index (χ4v) is 3.04. The number of carbonyl (C=O) groups is 2. The van der Waals surface area contributed by atoms with Crippen LogP contribution in [-0.2, 0) is 14.3 Å². The van der Waals surface area contributed by atoms with E-state index in [1.165, 1.54) is 19.3 Å². The van der Waals surface area contributed by atoms with Crippen LogP contribution in [0.5, 0.6) is 0 Å². The van der Waals surface area contributed by atoms with Gasteiger partial charge in [-0.2, -0.15) is 0 Å². The molecule has 1 N–H and O–H groups in total. The average molecular weight is 332 g/mol. The lowest BCUT2D eigenvalue weighted by atomic mass is 9.96. The maximum atomic E-state index is 12.0. The Morgan fingerprint density at radius 2 is 2.12 bits per heavy atom. The van der Waals surface area contributed by atoms with Crippen LogP contribution in [0.4, 0.5) is 0 Å². The van der Waals surface area contributed by atoms with Crippen molar-refractivity contribution in [2.75, 3.05) is 0 Å². The van der Waals surface area contributed by atoms with Crippen molar-refractivity contribution in [2.45, 2.75) is 70.5 Å². The summed E-state index contributed by atoms with van der Waals surface area (Å²) >= 11 is 0. The van der Waals surface area contributed by atoms with Crippen molar-refractivity contribution in [1.82, 2.24) is 0 Å². The van der Waals surface area contributed by atoms with Crippen LogP contribution in [0.15, 0.2) is 36.0 Å². The number of epoxide rings is 1. The molecule has 0 aromatic rings. The smallest absolute Gasteiger partial charge is 0.303 e. The monoisotopic (exact) mass is 332 g/mol. The molecule has 0 spiro atoms. The number of unbranched alkanes of at least 4 members (excludes halogenated alkanes) is 3. The van der Waals surface area contributed by atoms with E-state index in [1.54, 1.807) is 6.08 Å². The summed E-state index contributed by atoms with van der Waals surface area (Å²) in [5, 5.41) is 8.60. The van der Waals surface area contributed by atoms with Crippen LogP contribution >= 0.6 is 0 Å². The molecule has 0 bridgehead atoms. The van der Waals surface area contributed by atoms with Gasteiger partial charge in [0.15, 0.2) is 5.78 Å². The number of rotatable bonds is 11. The molecule has 0 saturated carbocycles. The average Bonchev–Trinajstić information content (AvgIpc) is 3.20. The Kier molecular flexibility index (Phi) is 7.44. The van der Waals surface area contributed by atoms with E-state index in [9.17, 15) is 9.59 Å². The van der Waals surface area contributed by atoms with E-state index < -0.39 is 5.97 Å². The topological polar surface area (TPSA) is 66.9 Å². The third-order valence-corrected chi connectivity index (χ3v) is 4.54. The summed E-state index contributed by atoms with van der Waals surface area (Å²) < 4.78 is 5.67. The Morgan fingerprint density at radius 1 is 1.29 bits per heavy atom. The van der Waals surface area contributed by atoms with Gasteiger partial charge in [-0.05, 0) is 37.8 Å². The Bertz CT molecular complexity index is 530. The summed E-state index contributed by atoms with van der Waals surface area (Å²) in [5.74, 6) is -0.522. The first kappa shape index (κ1) is 18.7. The fraction of sp³-hybridized carbons (Fsp3) is 0.600. The maximum absolute atomic E-state index is 12.0. The van der Waals surface area contributed by atoms with Crippen molar-refractivity contribution < 1.29 is 19.4 Å². The minimum Gasteiger partial charge on any atom is -0.481 e. The lowest BCUT2D eigenvalue weighted by molar-refractivity contribution is -0.137. The molecule has 0 radical (unpaired) electrons. The molecule has 4 nitrogen and oxygen atoms in total. The molecule has 1 aliphatic heterocycles. The summed E-state index contributed by atoms with van der Waals surface area (Å²) in [5.41, 5.74) is 0.855. The summed E-state index contributed by atoms with van der Waals surface area (Å²) in [6.45, 7) is 2.19. The van der Waals surface area contributed by atoms with Crippen LogP contribution in [-0.4, -0.2) is 29.1 Å². The summed E-state index contributed by atoms with van der Waals surface area (Å²) in [6.07, 6.45) is 17.2. The zero-order valence-corrected chi connectivity index (χ0v) is 14.4. The number of aliphatic carboxylic acids is 1. The van der Waals surface area contributed by atoms with E-state index in [4.69, 9.17) is 9.84 Å². The predicted molar refractivity (Wildman–Crippen MR) is 93.8 cm³/mol. The van der Waals surface area contributed by atoms with Gasteiger partial charge in [0.25, 0.3) is 0 Å². The predicted octanol–water partition coefficient (Wildman–Crippen LogP) is 4.22. The van der Waals surface area contributed by atoms with Crippen LogP contribution in [0.3, 0.4) is 0 Å². The van der Waals surface area contributed by atoms with Crippen LogP contribution in [0.25, 0.3) is 0 Å². The van der Waals surface area contributed by atoms with Gasteiger partial charge in [-0.15, -0.1) is 0 Å². The molecule has 1 aliphatic carbocycles. The van der Waals surface area contributed by atoms with Crippen LogP contribution in [0.2, 0.25) is 0 Å². The number of allylic oxidation sites excluding steroid dienone is 5. The molecule has 0 aromatic heterocycles. The van der Waals surface area contributed by atoms with E-state index in [-0.39, 0.29) is 24.2 Å². The zero-order chi connectivity index (χ0) is 17.4. The molecule has 3 atom stereocenters. The Morgan fingerprint density at radius 3 is 2.88 bits per heavy atom. The number of carbonyl (C=O) groups excluding carboxylic acids is 1. The number of hydrogen-bond acceptors (Lipinski definition) is 3. The summed E-state index contributed by atoms with van der Waals surface area (Å²) in [7, 11) is 0. The van der Waals surface area contributed by atoms with E-state index in [0.29, 0.717) is 12.5 Å². The van der Waals surface area contributed by atoms with Crippen LogP contribution in [0, 0.1) is 5.92 Å². The molecule has 2 rings (SSSR count). The van der Waals surface area contributed by atoms with Gasteiger partial charge in [0.05, 0.1) is 6.10 Å². The van der Waals surface area contributed by atoms with Gasteiger partial charge in [-0.1, -0.05) is 44.4 Å². The quantitative estimate of drug-likeness (QED) is 0.266. The molecule has 0 unspecified atom stereocenters. The summed E-state index contributed by atoms with van der Waals surface area (Å²) in [4.78, 5) is 22.5. The molecule has 1 heterocycles. The normalized spacial score (nSPS) is 27.5. The summed E-state index contributed by atoms with van der Waals surface area (Å²) in [6, 6.07) is 0. The Balaban J connectivity index is 1.75. The van der Waals surface area contributed by atoms with Crippen LogP contribution in [0.1, 0.15) is 58.3 Å². The number of carboxylic acid groups (broad SMARTS) is 1. The van der Waals surface area contributed by atoms with Gasteiger partial charge in [-0.25, -0.2) is 0 Å². The largest absolute Gasteiger partial charge is 0.481 e. The van der Waals surface area contributed by atoms with Crippen molar-refractivity contribution in [1.29, 1.82) is 0 Å². The van der Waals surface area contributed by atoms with E-state index in [2.05, 4.69) is 13.0 Å².